The van der Waals surface area contributed by atoms with Crippen LogP contribution in [-0.4, -0.2) is 55.7 Å². The van der Waals surface area contributed by atoms with E-state index in [0.29, 0.717) is 5.92 Å². The second-order valence-corrected chi connectivity index (χ2v) is 13.0. The lowest BCUT2D eigenvalue weighted by atomic mass is 10.0. The number of carbonyl (C=O) groups is 1. The van der Waals surface area contributed by atoms with Crippen molar-refractivity contribution in [2.75, 3.05) is 13.1 Å². The molecular formula is C36H43N7O. The molecule has 1 saturated heterocycles. The van der Waals surface area contributed by atoms with Crippen LogP contribution < -0.4 is 5.32 Å². The van der Waals surface area contributed by atoms with Crippen LogP contribution in [0.25, 0.3) is 33.6 Å². The predicted octanol–water partition coefficient (Wildman–Crippen LogP) is 7.26. The fourth-order valence-electron chi connectivity index (χ4n) is 7.07. The van der Waals surface area contributed by atoms with E-state index in [2.05, 4.69) is 87.6 Å². The number of amidine groups is 1. The minimum Gasteiger partial charge on any atom is -0.362 e. The largest absolute Gasteiger partial charge is 0.362 e. The highest BCUT2D eigenvalue weighted by molar-refractivity contribution is 5.91. The summed E-state index contributed by atoms with van der Waals surface area (Å²) >= 11 is 0. The first kappa shape index (κ1) is 28.6. The van der Waals surface area contributed by atoms with E-state index < -0.39 is 0 Å². The Balaban J connectivity index is 1.02. The first-order chi connectivity index (χ1) is 21.5. The zero-order valence-electron chi connectivity index (χ0n) is 25.9. The number of hydrogen-bond acceptors (Lipinski definition) is 5. The molecule has 1 aliphatic carbocycles. The van der Waals surface area contributed by atoms with Crippen molar-refractivity contribution < 1.29 is 4.79 Å². The molecule has 0 unspecified atom stereocenters. The molecule has 0 radical (unpaired) electrons. The molecule has 0 spiro atoms. The molecule has 3 aliphatic rings. The minimum absolute atomic E-state index is 0.0354. The van der Waals surface area contributed by atoms with Gasteiger partial charge in [0.1, 0.15) is 17.7 Å². The number of imidazole rings is 2. The highest BCUT2D eigenvalue weighted by atomic mass is 16.2. The number of carbonyl (C=O) groups excluding carboxylic acids is 1. The lowest BCUT2D eigenvalue weighted by Crippen LogP contribution is -2.50. The molecule has 2 aliphatic heterocycles. The van der Waals surface area contributed by atoms with Crippen molar-refractivity contribution in [1.29, 1.82) is 0 Å². The van der Waals surface area contributed by atoms with Gasteiger partial charge in [0.05, 0.1) is 35.7 Å². The Labute approximate surface area is 259 Å². The van der Waals surface area contributed by atoms with Crippen molar-refractivity contribution in [3.05, 3.63) is 72.6 Å². The number of nitrogens with one attached hydrogen (secondary N) is 3. The normalized spacial score (nSPS) is 19.6. The highest BCUT2D eigenvalue weighted by Gasteiger charge is 2.37. The summed E-state index contributed by atoms with van der Waals surface area (Å²) in [5.41, 5.74) is 6.65. The molecule has 0 bridgehead atoms. The smallest absolute Gasteiger partial charge is 0.245 e. The van der Waals surface area contributed by atoms with Crippen LogP contribution in [0.1, 0.15) is 88.8 Å². The zero-order valence-corrected chi connectivity index (χ0v) is 25.9. The molecule has 4 aromatic rings. The summed E-state index contributed by atoms with van der Waals surface area (Å²) in [6.07, 6.45) is 12.9. The topological polar surface area (TPSA) is 102 Å². The predicted molar refractivity (Wildman–Crippen MR) is 175 cm³/mol. The van der Waals surface area contributed by atoms with E-state index >= 15 is 0 Å². The molecule has 8 heteroatoms. The van der Waals surface area contributed by atoms with Crippen molar-refractivity contribution in [3.63, 3.8) is 0 Å². The second kappa shape index (κ2) is 12.4. The van der Waals surface area contributed by atoms with Crippen molar-refractivity contribution in [2.24, 2.45) is 10.9 Å². The number of aromatic amines is 2. The number of likely N-dealkylation sites (tertiary alicyclic amines) is 1. The lowest BCUT2D eigenvalue weighted by molar-refractivity contribution is -0.135. The van der Waals surface area contributed by atoms with Gasteiger partial charge in [0.25, 0.3) is 0 Å². The maximum Gasteiger partial charge on any atom is 0.245 e. The van der Waals surface area contributed by atoms with E-state index in [4.69, 9.17) is 4.98 Å². The molecule has 2 aromatic heterocycles. The Kier molecular flexibility index (Phi) is 8.07. The van der Waals surface area contributed by atoms with Gasteiger partial charge in [0.15, 0.2) is 0 Å². The summed E-state index contributed by atoms with van der Waals surface area (Å²) in [6.45, 7) is 5.81. The van der Waals surface area contributed by atoms with Gasteiger partial charge in [-0.15, -0.1) is 0 Å². The summed E-state index contributed by atoms with van der Waals surface area (Å²) in [6, 6.07) is 17.0. The molecule has 44 heavy (non-hydrogen) atoms. The van der Waals surface area contributed by atoms with Gasteiger partial charge in [0, 0.05) is 25.4 Å². The van der Waals surface area contributed by atoms with Crippen LogP contribution in [0.2, 0.25) is 0 Å². The Morgan fingerprint density at radius 3 is 1.98 bits per heavy atom. The van der Waals surface area contributed by atoms with Gasteiger partial charge in [-0.1, -0.05) is 75.2 Å². The number of rotatable bonds is 8. The molecule has 1 saturated carbocycles. The quantitative estimate of drug-likeness (QED) is 0.201. The summed E-state index contributed by atoms with van der Waals surface area (Å²) < 4.78 is 0. The molecule has 2 atom stereocenters. The van der Waals surface area contributed by atoms with E-state index in [1.54, 1.807) is 0 Å². The second-order valence-electron chi connectivity index (χ2n) is 13.0. The van der Waals surface area contributed by atoms with Crippen molar-refractivity contribution in [1.82, 2.24) is 30.2 Å². The van der Waals surface area contributed by atoms with Gasteiger partial charge in [-0.3, -0.25) is 9.79 Å². The monoisotopic (exact) mass is 589 g/mol. The van der Waals surface area contributed by atoms with Crippen LogP contribution in [-0.2, 0) is 4.79 Å². The van der Waals surface area contributed by atoms with Crippen molar-refractivity contribution in [3.8, 4) is 33.6 Å². The summed E-state index contributed by atoms with van der Waals surface area (Å²) in [7, 11) is 0. The molecule has 8 nitrogen and oxygen atoms in total. The number of aromatic nitrogens is 4. The van der Waals surface area contributed by atoms with Crippen molar-refractivity contribution >= 4 is 11.7 Å². The number of amides is 1. The van der Waals surface area contributed by atoms with Gasteiger partial charge in [-0.25, -0.2) is 9.97 Å². The van der Waals surface area contributed by atoms with E-state index in [0.717, 1.165) is 78.8 Å². The van der Waals surface area contributed by atoms with E-state index in [-0.39, 0.29) is 23.9 Å². The molecule has 4 heterocycles. The Bertz CT molecular complexity index is 1610. The molecule has 2 fully saturated rings. The molecular weight excluding hydrogens is 546 g/mol. The molecule has 7 rings (SSSR count). The minimum atomic E-state index is -0.266. The SMILES string of the molecule is CC(C)[C@H](NC1=NCCC1)C(=O)N1CCC[C@H]1c1ncc(-c2ccc(-c3ccc(-c4cnc(C5CCCC5)[nH]4)cc3)cc2)[nH]1. The maximum absolute atomic E-state index is 13.7. The maximum atomic E-state index is 13.7. The average molecular weight is 590 g/mol. The summed E-state index contributed by atoms with van der Waals surface area (Å²) in [5.74, 6) is 3.88. The van der Waals surface area contributed by atoms with Crippen molar-refractivity contribution in [2.45, 2.75) is 83.2 Å². The van der Waals surface area contributed by atoms with Crippen LogP contribution in [0.3, 0.4) is 0 Å². The fraction of sp³-hybridized carbons (Fsp3) is 0.444. The van der Waals surface area contributed by atoms with Gasteiger partial charge >= 0.3 is 0 Å². The first-order valence-electron chi connectivity index (χ1n) is 16.4. The summed E-state index contributed by atoms with van der Waals surface area (Å²) in [4.78, 5) is 36.8. The Morgan fingerprint density at radius 1 is 0.795 bits per heavy atom. The van der Waals surface area contributed by atoms with E-state index in [9.17, 15) is 4.79 Å². The third-order valence-corrected chi connectivity index (χ3v) is 9.64. The van der Waals surface area contributed by atoms with Gasteiger partial charge < -0.3 is 20.2 Å². The number of hydrogen-bond donors (Lipinski definition) is 3. The van der Waals surface area contributed by atoms with Crippen LogP contribution in [0, 0.1) is 5.92 Å². The highest BCUT2D eigenvalue weighted by Crippen LogP contribution is 2.35. The standard InChI is InChI=1S/C36H43N7O/c1-23(2)33(42-32-10-5-19-37-32)36(44)43-20-6-9-31(43)35-39-22-30(41-35)27-17-13-25(14-18-27)24-11-15-26(16-12-24)29-21-38-34(40-29)28-7-3-4-8-28/h11-18,21-23,28,31,33H,3-10,19-20H2,1-2H3,(H,37,42)(H,38,40)(H,39,41)/t31-,33-/m0/s1. The first-order valence-corrected chi connectivity index (χ1v) is 16.4. The lowest BCUT2D eigenvalue weighted by Gasteiger charge is -2.30. The molecule has 2 aromatic carbocycles. The molecule has 3 N–H and O–H groups in total. The van der Waals surface area contributed by atoms with Crippen LogP contribution in [0.5, 0.6) is 0 Å². The third kappa shape index (κ3) is 5.82. The Morgan fingerprint density at radius 2 is 1.39 bits per heavy atom. The van der Waals surface area contributed by atoms with Crippen LogP contribution in [0.4, 0.5) is 0 Å². The fourth-order valence-corrected chi connectivity index (χ4v) is 7.07. The average Bonchev–Trinajstić information content (AvgIpc) is 3.89. The van der Waals surface area contributed by atoms with Gasteiger partial charge in [-0.05, 0) is 60.3 Å². The molecule has 1 amide bonds. The van der Waals surface area contributed by atoms with Crippen LogP contribution >= 0.6 is 0 Å². The number of aliphatic imine (C=N–C) groups is 1. The van der Waals surface area contributed by atoms with Gasteiger partial charge in [0.2, 0.25) is 5.91 Å². The van der Waals surface area contributed by atoms with E-state index in [1.807, 2.05) is 17.3 Å². The Hall–Kier alpha value is -4.20. The van der Waals surface area contributed by atoms with E-state index in [1.165, 1.54) is 36.8 Å². The molecule has 228 valence electrons. The number of H-pyrrole nitrogens is 2. The number of nitrogens with zero attached hydrogens (tertiary/aromatic N) is 4. The van der Waals surface area contributed by atoms with Crippen LogP contribution in [0.15, 0.2) is 65.9 Å². The third-order valence-electron chi connectivity index (χ3n) is 9.64. The number of benzene rings is 2. The summed E-state index contributed by atoms with van der Waals surface area (Å²) in [5, 5.41) is 3.46. The van der Waals surface area contributed by atoms with Gasteiger partial charge in [-0.2, -0.15) is 0 Å². The zero-order chi connectivity index (χ0) is 30.0.